The van der Waals surface area contributed by atoms with Crippen LogP contribution in [0.1, 0.15) is 47.8 Å². The van der Waals surface area contributed by atoms with Crippen LogP contribution in [-0.4, -0.2) is 17.5 Å². The number of fused-ring (bicyclic) bond motifs is 2. The van der Waals surface area contributed by atoms with Crippen molar-refractivity contribution in [2.24, 2.45) is 0 Å². The molecule has 0 saturated heterocycles. The Labute approximate surface area is 150 Å². The summed E-state index contributed by atoms with van der Waals surface area (Å²) in [6.45, 7) is 1.95. The smallest absolute Gasteiger partial charge is 0.255 e. The largest absolute Gasteiger partial charge is 0.322 e. The average molecular weight is 341 g/mol. The van der Waals surface area contributed by atoms with Crippen molar-refractivity contribution in [1.82, 2.24) is 0 Å². The Kier molecular flexibility index (Phi) is 3.73. The van der Waals surface area contributed by atoms with Crippen LogP contribution in [0.15, 0.2) is 66.7 Å². The number of aryl methyl sites for hydroxylation is 1. The molecule has 26 heavy (non-hydrogen) atoms. The molecule has 1 aliphatic carbocycles. The van der Waals surface area contributed by atoms with E-state index in [9.17, 15) is 14.4 Å². The van der Waals surface area contributed by atoms with Crippen molar-refractivity contribution >= 4 is 23.2 Å². The zero-order chi connectivity index (χ0) is 18.3. The van der Waals surface area contributed by atoms with Crippen molar-refractivity contribution in [3.63, 3.8) is 0 Å². The first-order chi connectivity index (χ1) is 12.5. The van der Waals surface area contributed by atoms with E-state index in [0.717, 1.165) is 5.56 Å². The molecule has 0 spiro atoms. The molecule has 0 radical (unpaired) electrons. The number of nitrogens with one attached hydrogen (secondary N) is 1. The Bertz CT molecular complexity index is 1070. The highest BCUT2D eigenvalue weighted by atomic mass is 16.2. The number of hydrogen-bond donors (Lipinski definition) is 1. The summed E-state index contributed by atoms with van der Waals surface area (Å²) in [4.78, 5) is 37.7. The molecule has 4 heteroatoms. The van der Waals surface area contributed by atoms with Gasteiger partial charge in [0.15, 0.2) is 11.6 Å². The third-order valence-corrected chi connectivity index (χ3v) is 4.50. The molecule has 1 aliphatic rings. The lowest BCUT2D eigenvalue weighted by Crippen LogP contribution is -2.21. The standard InChI is InChI=1S/C22H15NO3/c1-13-6-8-14(9-7-13)22(26)23-15-10-11-18-19(12-15)21(25)17-5-3-2-4-16(17)20(18)24/h2-12H,1H3,(H,23,26). The molecule has 3 aromatic carbocycles. The lowest BCUT2D eigenvalue weighted by molar-refractivity contribution is 0.0979. The van der Waals surface area contributed by atoms with E-state index in [-0.39, 0.29) is 17.5 Å². The minimum atomic E-state index is -0.264. The molecule has 4 rings (SSSR count). The van der Waals surface area contributed by atoms with Crippen molar-refractivity contribution in [2.45, 2.75) is 6.92 Å². The van der Waals surface area contributed by atoms with E-state index in [1.54, 1.807) is 54.6 Å². The molecule has 4 nitrogen and oxygen atoms in total. The summed E-state index contributed by atoms with van der Waals surface area (Å²) < 4.78 is 0. The van der Waals surface area contributed by atoms with Gasteiger partial charge in [-0.25, -0.2) is 0 Å². The van der Waals surface area contributed by atoms with E-state index in [2.05, 4.69) is 5.32 Å². The number of anilines is 1. The van der Waals surface area contributed by atoms with Crippen LogP contribution in [0, 0.1) is 6.92 Å². The summed E-state index contributed by atoms with van der Waals surface area (Å²) in [5.41, 5.74) is 3.57. The van der Waals surface area contributed by atoms with E-state index < -0.39 is 0 Å². The van der Waals surface area contributed by atoms with Crippen LogP contribution in [0.5, 0.6) is 0 Å². The minimum Gasteiger partial charge on any atom is -0.322 e. The van der Waals surface area contributed by atoms with Gasteiger partial charge in [-0.05, 0) is 37.3 Å². The number of ketones is 2. The first kappa shape index (κ1) is 16.0. The fourth-order valence-corrected chi connectivity index (χ4v) is 3.09. The molecular formula is C22H15NO3. The maximum atomic E-state index is 12.7. The molecule has 0 atom stereocenters. The maximum Gasteiger partial charge on any atom is 0.255 e. The molecule has 126 valence electrons. The summed E-state index contributed by atoms with van der Waals surface area (Å²) in [5, 5.41) is 2.78. The second-order valence-electron chi connectivity index (χ2n) is 6.28. The Morgan fingerprint density at radius 2 is 1.31 bits per heavy atom. The lowest BCUT2D eigenvalue weighted by Gasteiger charge is -2.18. The van der Waals surface area contributed by atoms with Gasteiger partial charge in [-0.2, -0.15) is 0 Å². The Balaban J connectivity index is 1.67. The highest BCUT2D eigenvalue weighted by molar-refractivity contribution is 6.28. The Morgan fingerprint density at radius 1 is 0.731 bits per heavy atom. The molecule has 0 aliphatic heterocycles. The van der Waals surface area contributed by atoms with Gasteiger partial charge in [0.05, 0.1) is 0 Å². The fourth-order valence-electron chi connectivity index (χ4n) is 3.09. The lowest BCUT2D eigenvalue weighted by atomic mass is 9.84. The van der Waals surface area contributed by atoms with Crippen LogP contribution in [0.25, 0.3) is 0 Å². The highest BCUT2D eigenvalue weighted by Gasteiger charge is 2.29. The third kappa shape index (κ3) is 2.62. The van der Waals surface area contributed by atoms with Gasteiger partial charge in [0.2, 0.25) is 0 Å². The molecule has 1 amide bonds. The summed E-state index contributed by atoms with van der Waals surface area (Å²) in [6.07, 6.45) is 0. The summed E-state index contributed by atoms with van der Waals surface area (Å²) in [5.74, 6) is -0.645. The normalized spacial score (nSPS) is 12.3. The number of carbonyl (C=O) groups is 3. The Morgan fingerprint density at radius 3 is 1.96 bits per heavy atom. The fraction of sp³-hybridized carbons (Fsp3) is 0.0455. The average Bonchev–Trinajstić information content (AvgIpc) is 2.66. The van der Waals surface area contributed by atoms with E-state index in [4.69, 9.17) is 0 Å². The molecule has 0 unspecified atom stereocenters. The molecule has 3 aromatic rings. The van der Waals surface area contributed by atoms with Crippen LogP contribution in [-0.2, 0) is 0 Å². The summed E-state index contributed by atoms with van der Waals surface area (Å²) >= 11 is 0. The molecule has 0 heterocycles. The first-order valence-corrected chi connectivity index (χ1v) is 8.25. The first-order valence-electron chi connectivity index (χ1n) is 8.25. The van der Waals surface area contributed by atoms with Gasteiger partial charge in [0.25, 0.3) is 5.91 Å². The second-order valence-corrected chi connectivity index (χ2v) is 6.28. The van der Waals surface area contributed by atoms with Gasteiger partial charge in [-0.3, -0.25) is 14.4 Å². The van der Waals surface area contributed by atoms with E-state index in [0.29, 0.717) is 33.5 Å². The summed E-state index contributed by atoms with van der Waals surface area (Å²) in [6, 6.07) is 18.8. The van der Waals surface area contributed by atoms with Crippen LogP contribution >= 0.6 is 0 Å². The van der Waals surface area contributed by atoms with Crippen molar-refractivity contribution in [3.8, 4) is 0 Å². The van der Waals surface area contributed by atoms with Gasteiger partial charge in [0, 0.05) is 33.5 Å². The highest BCUT2D eigenvalue weighted by Crippen LogP contribution is 2.29. The monoisotopic (exact) mass is 341 g/mol. The SMILES string of the molecule is Cc1ccc(C(=O)Nc2ccc3c(c2)C(=O)c2ccccc2C3=O)cc1. The second kappa shape index (κ2) is 6.08. The number of amides is 1. The van der Waals surface area contributed by atoms with Crippen LogP contribution in [0.3, 0.4) is 0 Å². The van der Waals surface area contributed by atoms with E-state index in [1.807, 2.05) is 19.1 Å². The van der Waals surface area contributed by atoms with E-state index in [1.165, 1.54) is 0 Å². The van der Waals surface area contributed by atoms with Gasteiger partial charge < -0.3 is 5.32 Å². The number of benzene rings is 3. The van der Waals surface area contributed by atoms with Gasteiger partial charge in [0.1, 0.15) is 0 Å². The molecular weight excluding hydrogens is 326 g/mol. The van der Waals surface area contributed by atoms with Gasteiger partial charge in [-0.1, -0.05) is 42.0 Å². The summed E-state index contributed by atoms with van der Waals surface area (Å²) in [7, 11) is 0. The number of hydrogen-bond acceptors (Lipinski definition) is 3. The zero-order valence-corrected chi connectivity index (χ0v) is 14.1. The molecule has 1 N–H and O–H groups in total. The quantitative estimate of drug-likeness (QED) is 0.599. The van der Waals surface area contributed by atoms with Crippen LogP contribution in [0.4, 0.5) is 5.69 Å². The van der Waals surface area contributed by atoms with Crippen molar-refractivity contribution in [2.75, 3.05) is 5.32 Å². The van der Waals surface area contributed by atoms with Crippen LogP contribution < -0.4 is 5.32 Å². The maximum absolute atomic E-state index is 12.7. The Hall–Kier alpha value is -3.53. The predicted octanol–water partition coefficient (Wildman–Crippen LogP) is 4.02. The van der Waals surface area contributed by atoms with E-state index >= 15 is 0 Å². The third-order valence-electron chi connectivity index (χ3n) is 4.50. The van der Waals surface area contributed by atoms with Crippen LogP contribution in [0.2, 0.25) is 0 Å². The molecule has 0 aromatic heterocycles. The molecule has 0 bridgehead atoms. The molecule has 0 saturated carbocycles. The topological polar surface area (TPSA) is 63.2 Å². The van der Waals surface area contributed by atoms with Gasteiger partial charge >= 0.3 is 0 Å². The minimum absolute atomic E-state index is 0.174. The molecule has 0 fully saturated rings. The van der Waals surface area contributed by atoms with Gasteiger partial charge in [-0.15, -0.1) is 0 Å². The van der Waals surface area contributed by atoms with Crippen molar-refractivity contribution in [1.29, 1.82) is 0 Å². The predicted molar refractivity (Wildman–Crippen MR) is 98.9 cm³/mol. The van der Waals surface area contributed by atoms with Crippen molar-refractivity contribution < 1.29 is 14.4 Å². The number of rotatable bonds is 2. The number of carbonyl (C=O) groups excluding carboxylic acids is 3. The zero-order valence-electron chi connectivity index (χ0n) is 14.1. The van der Waals surface area contributed by atoms with Crippen molar-refractivity contribution in [3.05, 3.63) is 100 Å².